The number of nitrogen functional groups attached to an aromatic ring is 1. The summed E-state index contributed by atoms with van der Waals surface area (Å²) in [7, 11) is 1.52. The van der Waals surface area contributed by atoms with Crippen LogP contribution in [-0.4, -0.2) is 22.1 Å². The Hall–Kier alpha value is -3.46. The van der Waals surface area contributed by atoms with E-state index in [4.69, 9.17) is 10.5 Å². The van der Waals surface area contributed by atoms with Gasteiger partial charge in [0.15, 0.2) is 0 Å². The van der Waals surface area contributed by atoms with Crippen molar-refractivity contribution in [3.8, 4) is 23.2 Å². The highest BCUT2D eigenvalue weighted by Crippen LogP contribution is 2.42. The van der Waals surface area contributed by atoms with E-state index >= 15 is 0 Å². The Balaban J connectivity index is 1.93. The standard InChI is InChI=1S/C21H19N5O/c1-27-21-24-11-14(12-25-21)18-16-9-5-8-15(13-6-3-2-4-7-13)19(16)26-20(23)17(18)10-22/h2-4,6-7,11-12,15H,5,8-9H2,1H3,(H2,23,26)/t15-/m0/s1. The number of nitriles is 1. The van der Waals surface area contributed by atoms with E-state index in [1.165, 1.54) is 12.7 Å². The highest BCUT2D eigenvalue weighted by atomic mass is 16.5. The number of nitrogens with two attached hydrogens (primary N) is 1. The Morgan fingerprint density at radius 1 is 1.19 bits per heavy atom. The van der Waals surface area contributed by atoms with Crippen molar-refractivity contribution in [2.45, 2.75) is 25.2 Å². The van der Waals surface area contributed by atoms with Gasteiger partial charge in [0.1, 0.15) is 17.5 Å². The number of benzene rings is 1. The molecular weight excluding hydrogens is 338 g/mol. The second kappa shape index (κ2) is 7.04. The normalized spacial score (nSPS) is 15.6. The molecule has 4 rings (SSSR count). The van der Waals surface area contributed by atoms with Crippen molar-refractivity contribution in [1.82, 2.24) is 15.0 Å². The van der Waals surface area contributed by atoms with Crippen molar-refractivity contribution in [2.24, 2.45) is 0 Å². The van der Waals surface area contributed by atoms with E-state index in [1.807, 2.05) is 18.2 Å². The fourth-order valence-electron chi connectivity index (χ4n) is 3.81. The third kappa shape index (κ3) is 2.97. The van der Waals surface area contributed by atoms with Crippen LogP contribution >= 0.6 is 0 Å². The number of nitrogens with zero attached hydrogens (tertiary/aromatic N) is 4. The van der Waals surface area contributed by atoms with Crippen LogP contribution in [0.3, 0.4) is 0 Å². The molecule has 0 aliphatic heterocycles. The van der Waals surface area contributed by atoms with Gasteiger partial charge in [0.2, 0.25) is 0 Å². The number of methoxy groups -OCH3 is 1. The molecule has 6 nitrogen and oxygen atoms in total. The average molecular weight is 357 g/mol. The van der Waals surface area contributed by atoms with E-state index in [-0.39, 0.29) is 17.7 Å². The van der Waals surface area contributed by atoms with Crippen molar-refractivity contribution in [2.75, 3.05) is 12.8 Å². The number of anilines is 1. The summed E-state index contributed by atoms with van der Waals surface area (Å²) in [6.45, 7) is 0. The van der Waals surface area contributed by atoms with Gasteiger partial charge in [-0.15, -0.1) is 0 Å². The molecule has 0 saturated carbocycles. The molecule has 2 aromatic heterocycles. The second-order valence-corrected chi connectivity index (χ2v) is 6.54. The summed E-state index contributed by atoms with van der Waals surface area (Å²) in [6.07, 6.45) is 6.23. The molecule has 0 fully saturated rings. The highest BCUT2D eigenvalue weighted by molar-refractivity contribution is 5.79. The molecule has 0 amide bonds. The number of rotatable bonds is 3. The quantitative estimate of drug-likeness (QED) is 0.771. The summed E-state index contributed by atoms with van der Waals surface area (Å²) in [6, 6.07) is 12.8. The molecule has 0 spiro atoms. The van der Waals surface area contributed by atoms with Gasteiger partial charge >= 0.3 is 6.01 Å². The topological polar surface area (TPSA) is 97.7 Å². The highest BCUT2D eigenvalue weighted by Gasteiger charge is 2.29. The summed E-state index contributed by atoms with van der Waals surface area (Å²) in [5.74, 6) is 0.424. The minimum atomic E-state index is 0.169. The predicted molar refractivity (Wildman–Crippen MR) is 102 cm³/mol. The van der Waals surface area contributed by atoms with Gasteiger partial charge < -0.3 is 10.5 Å². The molecule has 27 heavy (non-hydrogen) atoms. The van der Waals surface area contributed by atoms with Crippen molar-refractivity contribution in [3.63, 3.8) is 0 Å². The van der Waals surface area contributed by atoms with Crippen LogP contribution in [0, 0.1) is 11.3 Å². The van der Waals surface area contributed by atoms with Gasteiger partial charge in [-0.3, -0.25) is 0 Å². The Labute approximate surface area is 157 Å². The first-order valence-corrected chi connectivity index (χ1v) is 8.86. The van der Waals surface area contributed by atoms with E-state index in [0.717, 1.165) is 41.6 Å². The lowest BCUT2D eigenvalue weighted by Gasteiger charge is -2.28. The summed E-state index contributed by atoms with van der Waals surface area (Å²) in [5.41, 5.74) is 11.4. The van der Waals surface area contributed by atoms with Crippen LogP contribution in [0.15, 0.2) is 42.7 Å². The molecule has 6 heteroatoms. The largest absolute Gasteiger partial charge is 0.467 e. The first kappa shape index (κ1) is 17.0. The summed E-state index contributed by atoms with van der Waals surface area (Å²) in [4.78, 5) is 13.1. The Morgan fingerprint density at radius 3 is 2.59 bits per heavy atom. The number of aromatic nitrogens is 3. The number of pyridine rings is 1. The molecule has 3 aromatic rings. The Kier molecular flexibility index (Phi) is 4.43. The van der Waals surface area contributed by atoms with Crippen LogP contribution in [0.2, 0.25) is 0 Å². The van der Waals surface area contributed by atoms with Gasteiger partial charge in [-0.05, 0) is 30.4 Å². The molecule has 0 radical (unpaired) electrons. The molecule has 2 N–H and O–H groups in total. The zero-order valence-electron chi connectivity index (χ0n) is 15.0. The third-order valence-electron chi connectivity index (χ3n) is 5.02. The summed E-state index contributed by atoms with van der Waals surface area (Å²) in [5, 5.41) is 9.71. The minimum absolute atomic E-state index is 0.169. The van der Waals surface area contributed by atoms with Crippen LogP contribution in [0.1, 0.15) is 41.1 Å². The zero-order chi connectivity index (χ0) is 18.8. The van der Waals surface area contributed by atoms with E-state index in [0.29, 0.717) is 5.56 Å². The van der Waals surface area contributed by atoms with Gasteiger partial charge in [0.05, 0.1) is 12.8 Å². The van der Waals surface area contributed by atoms with Gasteiger partial charge in [-0.25, -0.2) is 15.0 Å². The molecule has 1 aliphatic rings. The average Bonchev–Trinajstić information content (AvgIpc) is 2.73. The minimum Gasteiger partial charge on any atom is -0.467 e. The number of ether oxygens (including phenoxy) is 1. The van der Waals surface area contributed by atoms with Crippen molar-refractivity contribution < 1.29 is 4.74 Å². The fraction of sp³-hybridized carbons (Fsp3) is 0.238. The Bertz CT molecular complexity index is 1010. The number of hydrogen-bond donors (Lipinski definition) is 1. The monoisotopic (exact) mass is 357 g/mol. The lowest BCUT2D eigenvalue weighted by molar-refractivity contribution is 0.380. The van der Waals surface area contributed by atoms with Crippen LogP contribution in [0.5, 0.6) is 6.01 Å². The lowest BCUT2D eigenvalue weighted by atomic mass is 9.79. The molecule has 0 unspecified atom stereocenters. The third-order valence-corrected chi connectivity index (χ3v) is 5.02. The Morgan fingerprint density at radius 2 is 1.93 bits per heavy atom. The lowest BCUT2D eigenvalue weighted by Crippen LogP contribution is -2.17. The maximum Gasteiger partial charge on any atom is 0.316 e. The molecule has 1 atom stereocenters. The van der Waals surface area contributed by atoms with Crippen molar-refractivity contribution in [3.05, 3.63) is 65.1 Å². The van der Waals surface area contributed by atoms with Crippen LogP contribution in [0.4, 0.5) is 5.82 Å². The molecule has 1 aliphatic carbocycles. The molecule has 0 saturated heterocycles. The summed E-state index contributed by atoms with van der Waals surface area (Å²) < 4.78 is 5.05. The first-order valence-electron chi connectivity index (χ1n) is 8.86. The first-order chi connectivity index (χ1) is 13.2. The van der Waals surface area contributed by atoms with Gasteiger partial charge in [0.25, 0.3) is 0 Å². The molecule has 0 bridgehead atoms. The molecular formula is C21H19N5O. The van der Waals surface area contributed by atoms with Gasteiger partial charge in [-0.1, -0.05) is 30.3 Å². The fourth-order valence-corrected chi connectivity index (χ4v) is 3.81. The second-order valence-electron chi connectivity index (χ2n) is 6.54. The van der Waals surface area contributed by atoms with Gasteiger partial charge in [0, 0.05) is 29.4 Å². The van der Waals surface area contributed by atoms with Crippen molar-refractivity contribution in [1.29, 1.82) is 5.26 Å². The summed E-state index contributed by atoms with van der Waals surface area (Å²) >= 11 is 0. The molecule has 1 aromatic carbocycles. The zero-order valence-corrected chi connectivity index (χ0v) is 15.0. The van der Waals surface area contributed by atoms with E-state index < -0.39 is 0 Å². The van der Waals surface area contributed by atoms with Crippen LogP contribution in [0.25, 0.3) is 11.1 Å². The maximum atomic E-state index is 9.71. The predicted octanol–water partition coefficient (Wildman–Crippen LogP) is 3.47. The molecule has 134 valence electrons. The van der Waals surface area contributed by atoms with E-state index in [2.05, 4.69) is 33.2 Å². The van der Waals surface area contributed by atoms with Crippen LogP contribution < -0.4 is 10.5 Å². The van der Waals surface area contributed by atoms with Crippen LogP contribution in [-0.2, 0) is 6.42 Å². The van der Waals surface area contributed by atoms with E-state index in [1.54, 1.807) is 12.4 Å². The molecule has 2 heterocycles. The number of fused-ring (bicyclic) bond motifs is 1. The maximum absolute atomic E-state index is 9.71. The van der Waals surface area contributed by atoms with Crippen molar-refractivity contribution >= 4 is 5.82 Å². The van der Waals surface area contributed by atoms with E-state index in [9.17, 15) is 5.26 Å². The van der Waals surface area contributed by atoms with Gasteiger partial charge in [-0.2, -0.15) is 5.26 Å². The smallest absolute Gasteiger partial charge is 0.316 e. The SMILES string of the molecule is COc1ncc(-c2c(C#N)c(N)nc3c2CCC[C@H]3c2ccccc2)cn1. The number of hydrogen-bond acceptors (Lipinski definition) is 6.